The lowest BCUT2D eigenvalue weighted by molar-refractivity contribution is 0.148. The van der Waals surface area contributed by atoms with Gasteiger partial charge in [0.15, 0.2) is 0 Å². The molecule has 17 heavy (non-hydrogen) atoms. The zero-order valence-corrected chi connectivity index (χ0v) is 9.83. The van der Waals surface area contributed by atoms with Crippen LogP contribution >= 0.6 is 0 Å². The predicted molar refractivity (Wildman–Crippen MR) is 63.2 cm³/mol. The lowest BCUT2D eigenvalue weighted by atomic mass is 9.70. The number of benzene rings is 1. The second-order valence-electron chi connectivity index (χ2n) is 4.92. The molecule has 1 aromatic rings. The standard InChI is InChI=1S/C14H18F2O/c15-13(16)11-4-6-12(7-5-11)14(10-17)8-2-1-3-9-14/h4-7,13,17H,1-3,8-10H2. The minimum atomic E-state index is -2.42. The van der Waals surface area contributed by atoms with Gasteiger partial charge in [-0.2, -0.15) is 0 Å². The Morgan fingerprint density at radius 1 is 1.06 bits per heavy atom. The second-order valence-corrected chi connectivity index (χ2v) is 4.92. The molecule has 1 N–H and O–H groups in total. The maximum atomic E-state index is 12.5. The first-order valence-corrected chi connectivity index (χ1v) is 6.17. The van der Waals surface area contributed by atoms with Crippen LogP contribution in [-0.4, -0.2) is 11.7 Å². The summed E-state index contributed by atoms with van der Waals surface area (Å²) in [6.45, 7) is 0.112. The molecule has 2 rings (SSSR count). The number of hydrogen-bond acceptors (Lipinski definition) is 1. The van der Waals surface area contributed by atoms with Crippen LogP contribution in [0.3, 0.4) is 0 Å². The Balaban J connectivity index is 2.24. The molecule has 1 aliphatic carbocycles. The van der Waals surface area contributed by atoms with Crippen LogP contribution in [0, 0.1) is 0 Å². The Kier molecular flexibility index (Phi) is 3.77. The number of aliphatic hydroxyl groups is 1. The molecule has 3 heteroatoms. The quantitative estimate of drug-likeness (QED) is 0.851. The van der Waals surface area contributed by atoms with E-state index in [4.69, 9.17) is 0 Å². The molecule has 0 heterocycles. The van der Waals surface area contributed by atoms with Crippen LogP contribution in [-0.2, 0) is 5.41 Å². The fourth-order valence-electron chi connectivity index (χ4n) is 2.75. The summed E-state index contributed by atoms with van der Waals surface area (Å²) in [6, 6.07) is 6.46. The Morgan fingerprint density at radius 2 is 1.65 bits per heavy atom. The summed E-state index contributed by atoms with van der Waals surface area (Å²) >= 11 is 0. The van der Waals surface area contributed by atoms with Crippen molar-refractivity contribution in [3.05, 3.63) is 35.4 Å². The third kappa shape index (κ3) is 2.49. The van der Waals surface area contributed by atoms with E-state index in [1.807, 2.05) is 0 Å². The van der Waals surface area contributed by atoms with Gasteiger partial charge in [0.2, 0.25) is 0 Å². The molecule has 1 nitrogen and oxygen atoms in total. The molecule has 1 aromatic carbocycles. The summed E-state index contributed by atoms with van der Waals surface area (Å²) in [5, 5.41) is 9.63. The average Bonchev–Trinajstić information content (AvgIpc) is 2.39. The van der Waals surface area contributed by atoms with Crippen molar-refractivity contribution in [1.82, 2.24) is 0 Å². The van der Waals surface area contributed by atoms with Gasteiger partial charge >= 0.3 is 0 Å². The number of alkyl halides is 2. The summed E-state index contributed by atoms with van der Waals surface area (Å²) in [4.78, 5) is 0. The van der Waals surface area contributed by atoms with Crippen molar-refractivity contribution in [1.29, 1.82) is 0 Å². The zero-order valence-electron chi connectivity index (χ0n) is 9.83. The van der Waals surface area contributed by atoms with Crippen LogP contribution in [0.2, 0.25) is 0 Å². The summed E-state index contributed by atoms with van der Waals surface area (Å²) < 4.78 is 24.9. The number of aliphatic hydroxyl groups excluding tert-OH is 1. The molecule has 1 fully saturated rings. The third-order valence-electron chi connectivity index (χ3n) is 3.89. The van der Waals surface area contributed by atoms with Gasteiger partial charge in [0.25, 0.3) is 6.43 Å². The highest BCUT2D eigenvalue weighted by molar-refractivity contribution is 5.30. The minimum Gasteiger partial charge on any atom is -0.395 e. The fraction of sp³-hybridized carbons (Fsp3) is 0.571. The highest BCUT2D eigenvalue weighted by atomic mass is 19.3. The van der Waals surface area contributed by atoms with Crippen molar-refractivity contribution in [3.63, 3.8) is 0 Å². The molecule has 1 saturated carbocycles. The van der Waals surface area contributed by atoms with Gasteiger partial charge in [-0.3, -0.25) is 0 Å². The van der Waals surface area contributed by atoms with E-state index in [2.05, 4.69) is 0 Å². The van der Waals surface area contributed by atoms with Gasteiger partial charge in [-0.25, -0.2) is 8.78 Å². The highest BCUT2D eigenvalue weighted by Crippen LogP contribution is 2.39. The zero-order chi connectivity index (χ0) is 12.3. The Labute approximate surface area is 100 Å². The molecule has 0 aliphatic heterocycles. The Morgan fingerprint density at radius 3 is 2.12 bits per heavy atom. The van der Waals surface area contributed by atoms with Crippen molar-refractivity contribution >= 4 is 0 Å². The Bertz CT molecular complexity index is 353. The SMILES string of the molecule is OCC1(c2ccc(C(F)F)cc2)CCCCC1. The molecule has 0 amide bonds. The van der Waals surface area contributed by atoms with Gasteiger partial charge in [-0.15, -0.1) is 0 Å². The van der Waals surface area contributed by atoms with Crippen molar-refractivity contribution < 1.29 is 13.9 Å². The van der Waals surface area contributed by atoms with Crippen LogP contribution in [0.5, 0.6) is 0 Å². The van der Waals surface area contributed by atoms with Crippen molar-refractivity contribution in [2.24, 2.45) is 0 Å². The molecule has 0 saturated heterocycles. The van der Waals surface area contributed by atoms with Crippen molar-refractivity contribution in [2.75, 3.05) is 6.61 Å². The van der Waals surface area contributed by atoms with E-state index in [0.29, 0.717) is 0 Å². The molecule has 0 bridgehead atoms. The second kappa shape index (κ2) is 5.13. The van der Waals surface area contributed by atoms with Crippen LogP contribution < -0.4 is 0 Å². The van der Waals surface area contributed by atoms with Gasteiger partial charge < -0.3 is 5.11 Å². The van der Waals surface area contributed by atoms with Crippen LogP contribution in [0.25, 0.3) is 0 Å². The summed E-state index contributed by atoms with van der Waals surface area (Å²) in [6.07, 6.45) is 2.92. The van der Waals surface area contributed by atoms with E-state index in [1.165, 1.54) is 18.6 Å². The van der Waals surface area contributed by atoms with Gasteiger partial charge in [0.05, 0.1) is 6.61 Å². The molecular formula is C14H18F2O. The lowest BCUT2D eigenvalue weighted by Gasteiger charge is -2.36. The van der Waals surface area contributed by atoms with Crippen molar-refractivity contribution in [2.45, 2.75) is 43.9 Å². The summed E-state index contributed by atoms with van der Waals surface area (Å²) in [7, 11) is 0. The smallest absolute Gasteiger partial charge is 0.263 e. The first-order chi connectivity index (χ1) is 8.18. The summed E-state index contributed by atoms with van der Waals surface area (Å²) in [5.41, 5.74) is 0.862. The average molecular weight is 240 g/mol. The number of hydrogen-bond donors (Lipinski definition) is 1. The molecule has 0 aromatic heterocycles. The fourth-order valence-corrected chi connectivity index (χ4v) is 2.75. The predicted octanol–water partition coefficient (Wildman–Crippen LogP) is 3.82. The largest absolute Gasteiger partial charge is 0.395 e. The molecule has 0 atom stereocenters. The molecule has 0 spiro atoms. The van der Waals surface area contributed by atoms with Crippen molar-refractivity contribution in [3.8, 4) is 0 Å². The maximum Gasteiger partial charge on any atom is 0.263 e. The summed E-state index contributed by atoms with van der Waals surface area (Å²) in [5.74, 6) is 0. The topological polar surface area (TPSA) is 20.2 Å². The first kappa shape index (κ1) is 12.5. The van der Waals surface area contributed by atoms with Crippen LogP contribution in [0.15, 0.2) is 24.3 Å². The third-order valence-corrected chi connectivity index (χ3v) is 3.89. The van der Waals surface area contributed by atoms with E-state index in [1.54, 1.807) is 12.1 Å². The van der Waals surface area contributed by atoms with E-state index in [9.17, 15) is 13.9 Å². The maximum absolute atomic E-state index is 12.5. The van der Waals surface area contributed by atoms with Crippen LogP contribution in [0.4, 0.5) is 8.78 Å². The number of halogens is 2. The van der Waals surface area contributed by atoms with E-state index in [0.717, 1.165) is 31.2 Å². The van der Waals surface area contributed by atoms with E-state index < -0.39 is 6.43 Å². The van der Waals surface area contributed by atoms with Gasteiger partial charge in [-0.05, 0) is 18.4 Å². The molecule has 1 aliphatic rings. The lowest BCUT2D eigenvalue weighted by Crippen LogP contribution is -2.32. The Hall–Kier alpha value is -0.960. The molecule has 0 radical (unpaired) electrons. The van der Waals surface area contributed by atoms with Crippen LogP contribution in [0.1, 0.15) is 49.7 Å². The molecule has 94 valence electrons. The minimum absolute atomic E-state index is 0.0534. The van der Waals surface area contributed by atoms with E-state index in [-0.39, 0.29) is 17.6 Å². The first-order valence-electron chi connectivity index (χ1n) is 6.17. The normalized spacial score (nSPS) is 19.5. The monoisotopic (exact) mass is 240 g/mol. The number of rotatable bonds is 3. The van der Waals surface area contributed by atoms with Gasteiger partial charge in [0, 0.05) is 11.0 Å². The molecule has 0 unspecified atom stereocenters. The van der Waals surface area contributed by atoms with E-state index >= 15 is 0 Å². The van der Waals surface area contributed by atoms with Gasteiger partial charge in [0.1, 0.15) is 0 Å². The highest BCUT2D eigenvalue weighted by Gasteiger charge is 2.33. The molecular weight excluding hydrogens is 222 g/mol. The van der Waals surface area contributed by atoms with Gasteiger partial charge in [-0.1, -0.05) is 43.5 Å².